The predicted molar refractivity (Wildman–Crippen MR) is 99.0 cm³/mol. The summed E-state index contributed by atoms with van der Waals surface area (Å²) in [6, 6.07) is 17.8. The number of nitrogen functional groups attached to an aromatic ring is 1. The summed E-state index contributed by atoms with van der Waals surface area (Å²) in [6.07, 6.45) is 0.937. The van der Waals surface area contributed by atoms with Gasteiger partial charge < -0.3 is 15.6 Å². The molecule has 24 heavy (non-hydrogen) atoms. The number of aryl methyl sites for hydroxylation is 1. The molecule has 0 aliphatic carbocycles. The average molecular weight is 321 g/mol. The fourth-order valence-electron chi connectivity index (χ4n) is 3.12. The van der Waals surface area contributed by atoms with E-state index in [4.69, 9.17) is 5.73 Å². The van der Waals surface area contributed by atoms with Crippen molar-refractivity contribution in [3.05, 3.63) is 65.9 Å². The summed E-state index contributed by atoms with van der Waals surface area (Å²) >= 11 is 0. The summed E-state index contributed by atoms with van der Waals surface area (Å²) in [6.45, 7) is 4.84. The third-order valence-corrected chi connectivity index (χ3v) is 4.32. The molecule has 1 amide bonds. The predicted octanol–water partition coefficient (Wildman–Crippen LogP) is 4.12. The lowest BCUT2D eigenvalue weighted by Crippen LogP contribution is -2.29. The van der Waals surface area contributed by atoms with Crippen LogP contribution < -0.4 is 11.1 Å². The van der Waals surface area contributed by atoms with E-state index < -0.39 is 0 Å². The number of nitrogens with one attached hydrogen (secondary N) is 1. The highest BCUT2D eigenvalue weighted by Crippen LogP contribution is 2.29. The SMILES string of the molecule is CCCn1c(C(=O)N[C@H](C)c2ccccc2)c(N)c2ccccc21. The highest BCUT2D eigenvalue weighted by molar-refractivity contribution is 6.08. The van der Waals surface area contributed by atoms with Crippen molar-refractivity contribution >= 4 is 22.5 Å². The Morgan fingerprint density at radius 3 is 2.50 bits per heavy atom. The van der Waals surface area contributed by atoms with E-state index in [1.807, 2.05) is 66.1 Å². The van der Waals surface area contributed by atoms with Crippen molar-refractivity contribution in [1.29, 1.82) is 0 Å². The highest BCUT2D eigenvalue weighted by atomic mass is 16.2. The maximum absolute atomic E-state index is 12.9. The third-order valence-electron chi connectivity index (χ3n) is 4.32. The molecule has 0 aliphatic rings. The van der Waals surface area contributed by atoms with Gasteiger partial charge in [-0.3, -0.25) is 4.79 Å². The van der Waals surface area contributed by atoms with Gasteiger partial charge in [-0.15, -0.1) is 0 Å². The van der Waals surface area contributed by atoms with Crippen LogP contribution in [0, 0.1) is 0 Å². The number of aromatic nitrogens is 1. The van der Waals surface area contributed by atoms with Crippen LogP contribution in [0.2, 0.25) is 0 Å². The van der Waals surface area contributed by atoms with Crippen LogP contribution in [0.5, 0.6) is 0 Å². The van der Waals surface area contributed by atoms with Crippen LogP contribution in [-0.2, 0) is 6.54 Å². The van der Waals surface area contributed by atoms with Gasteiger partial charge in [0.25, 0.3) is 5.91 Å². The van der Waals surface area contributed by atoms with Gasteiger partial charge in [0, 0.05) is 11.9 Å². The number of hydrogen-bond acceptors (Lipinski definition) is 2. The molecular formula is C20H23N3O. The largest absolute Gasteiger partial charge is 0.396 e. The second-order valence-electron chi connectivity index (χ2n) is 6.04. The number of rotatable bonds is 5. The van der Waals surface area contributed by atoms with E-state index in [1.165, 1.54) is 0 Å². The lowest BCUT2D eigenvalue weighted by molar-refractivity contribution is 0.0932. The van der Waals surface area contributed by atoms with Crippen LogP contribution in [0.1, 0.15) is 42.4 Å². The number of carbonyl (C=O) groups excluding carboxylic acids is 1. The summed E-state index contributed by atoms with van der Waals surface area (Å²) in [4.78, 5) is 12.9. The Balaban J connectivity index is 1.97. The van der Waals surface area contributed by atoms with Crippen molar-refractivity contribution in [3.63, 3.8) is 0 Å². The third kappa shape index (κ3) is 2.87. The Labute approximate surface area is 142 Å². The Hall–Kier alpha value is -2.75. The van der Waals surface area contributed by atoms with Gasteiger partial charge in [0.05, 0.1) is 17.2 Å². The molecular weight excluding hydrogens is 298 g/mol. The maximum Gasteiger partial charge on any atom is 0.270 e. The van der Waals surface area contributed by atoms with Crippen LogP contribution in [0.4, 0.5) is 5.69 Å². The normalized spacial score (nSPS) is 12.2. The van der Waals surface area contributed by atoms with Gasteiger partial charge in [0.1, 0.15) is 5.69 Å². The van der Waals surface area contributed by atoms with Gasteiger partial charge in [-0.25, -0.2) is 0 Å². The minimum absolute atomic E-state index is 0.0776. The van der Waals surface area contributed by atoms with Crippen LogP contribution in [0.25, 0.3) is 10.9 Å². The number of nitrogens with zero attached hydrogens (tertiary/aromatic N) is 1. The van der Waals surface area contributed by atoms with Crippen molar-refractivity contribution in [1.82, 2.24) is 9.88 Å². The molecule has 1 aromatic heterocycles. The van der Waals surface area contributed by atoms with E-state index in [-0.39, 0.29) is 11.9 Å². The van der Waals surface area contributed by atoms with Crippen LogP contribution in [0.3, 0.4) is 0 Å². The molecule has 0 saturated carbocycles. The van der Waals surface area contributed by atoms with Crippen molar-refractivity contribution < 1.29 is 4.79 Å². The molecule has 0 bridgehead atoms. The van der Waals surface area contributed by atoms with Gasteiger partial charge in [-0.05, 0) is 25.0 Å². The Kier molecular flexibility index (Phi) is 4.56. The number of hydrogen-bond donors (Lipinski definition) is 2. The molecule has 0 spiro atoms. The molecule has 4 nitrogen and oxygen atoms in total. The fraction of sp³-hybridized carbons (Fsp3) is 0.250. The molecule has 1 heterocycles. The quantitative estimate of drug-likeness (QED) is 0.742. The van der Waals surface area contributed by atoms with E-state index in [0.29, 0.717) is 11.4 Å². The van der Waals surface area contributed by atoms with Gasteiger partial charge in [-0.1, -0.05) is 55.5 Å². The van der Waals surface area contributed by atoms with Crippen LogP contribution in [-0.4, -0.2) is 10.5 Å². The summed E-state index contributed by atoms with van der Waals surface area (Å²) in [5.41, 5.74) is 9.49. The topological polar surface area (TPSA) is 60.0 Å². The molecule has 3 N–H and O–H groups in total. The van der Waals surface area contributed by atoms with E-state index in [9.17, 15) is 4.79 Å². The van der Waals surface area contributed by atoms with Crippen LogP contribution in [0.15, 0.2) is 54.6 Å². The average Bonchev–Trinajstić information content (AvgIpc) is 2.89. The van der Waals surface area contributed by atoms with E-state index in [2.05, 4.69) is 12.2 Å². The van der Waals surface area contributed by atoms with Crippen molar-refractivity contribution in [2.24, 2.45) is 0 Å². The second-order valence-corrected chi connectivity index (χ2v) is 6.04. The molecule has 3 rings (SSSR count). The Bertz CT molecular complexity index is 852. The number of amides is 1. The molecule has 4 heteroatoms. The summed E-state index contributed by atoms with van der Waals surface area (Å²) < 4.78 is 2.03. The van der Waals surface area contributed by atoms with Crippen molar-refractivity contribution in [2.75, 3.05) is 5.73 Å². The Morgan fingerprint density at radius 1 is 1.12 bits per heavy atom. The van der Waals surface area contributed by atoms with Crippen LogP contribution >= 0.6 is 0 Å². The van der Waals surface area contributed by atoms with Gasteiger partial charge in [0.2, 0.25) is 0 Å². The second kappa shape index (κ2) is 6.79. The first-order valence-corrected chi connectivity index (χ1v) is 8.36. The standard InChI is InChI=1S/C20H23N3O/c1-3-13-23-17-12-8-7-11-16(17)18(21)19(23)20(24)22-14(2)15-9-5-4-6-10-15/h4-12,14H,3,13,21H2,1-2H3,(H,22,24)/t14-/m1/s1. The molecule has 0 saturated heterocycles. The van der Waals surface area contributed by atoms with E-state index in [1.54, 1.807) is 0 Å². The number of carbonyl (C=O) groups is 1. The molecule has 0 unspecified atom stereocenters. The first-order valence-electron chi connectivity index (χ1n) is 8.36. The smallest absolute Gasteiger partial charge is 0.270 e. The number of fused-ring (bicyclic) bond motifs is 1. The fourth-order valence-corrected chi connectivity index (χ4v) is 3.12. The molecule has 3 aromatic rings. The summed E-state index contributed by atoms with van der Waals surface area (Å²) in [5, 5.41) is 4.01. The van der Waals surface area contributed by atoms with Crippen molar-refractivity contribution in [3.8, 4) is 0 Å². The number of para-hydroxylation sites is 1. The molecule has 2 aromatic carbocycles. The zero-order valence-corrected chi connectivity index (χ0v) is 14.1. The number of anilines is 1. The first kappa shape index (κ1) is 16.1. The zero-order valence-electron chi connectivity index (χ0n) is 14.1. The maximum atomic E-state index is 12.9. The van der Waals surface area contributed by atoms with Crippen molar-refractivity contribution in [2.45, 2.75) is 32.9 Å². The molecule has 1 atom stereocenters. The molecule has 124 valence electrons. The minimum Gasteiger partial charge on any atom is -0.396 e. The molecule has 0 fully saturated rings. The van der Waals surface area contributed by atoms with Gasteiger partial charge >= 0.3 is 0 Å². The lowest BCUT2D eigenvalue weighted by atomic mass is 10.1. The summed E-state index contributed by atoms with van der Waals surface area (Å²) in [7, 11) is 0. The lowest BCUT2D eigenvalue weighted by Gasteiger charge is -2.16. The molecule has 0 aliphatic heterocycles. The zero-order chi connectivity index (χ0) is 17.1. The number of nitrogens with two attached hydrogens (primary N) is 1. The minimum atomic E-state index is -0.131. The molecule has 0 radical (unpaired) electrons. The van der Waals surface area contributed by atoms with Gasteiger partial charge in [0.15, 0.2) is 0 Å². The number of benzene rings is 2. The van der Waals surface area contributed by atoms with Gasteiger partial charge in [-0.2, -0.15) is 0 Å². The van der Waals surface area contributed by atoms with E-state index >= 15 is 0 Å². The monoisotopic (exact) mass is 321 g/mol. The summed E-state index contributed by atoms with van der Waals surface area (Å²) in [5.74, 6) is -0.131. The van der Waals surface area contributed by atoms with E-state index in [0.717, 1.165) is 29.4 Å². The first-order chi connectivity index (χ1) is 11.6. The highest BCUT2D eigenvalue weighted by Gasteiger charge is 2.22. The Morgan fingerprint density at radius 2 is 1.79 bits per heavy atom.